The first-order valence-corrected chi connectivity index (χ1v) is 9.37. The van der Waals surface area contributed by atoms with Gasteiger partial charge in [0, 0.05) is 17.1 Å². The maximum atomic E-state index is 12.2. The molecule has 0 aliphatic heterocycles. The zero-order chi connectivity index (χ0) is 20.2. The number of phenolic OH excluding ortho intramolecular Hbond substituents is 1. The normalized spacial score (nSPS) is 11.2. The number of carbonyl (C=O) groups is 1. The van der Waals surface area contributed by atoms with E-state index < -0.39 is 5.91 Å². The molecule has 0 saturated heterocycles. The number of thiazole rings is 1. The van der Waals surface area contributed by atoms with Crippen molar-refractivity contribution in [1.29, 1.82) is 0 Å². The van der Waals surface area contributed by atoms with Crippen LogP contribution in [0.2, 0.25) is 0 Å². The van der Waals surface area contributed by atoms with Gasteiger partial charge in [0.25, 0.3) is 5.91 Å². The summed E-state index contributed by atoms with van der Waals surface area (Å²) >= 11 is 1.43. The Bertz CT molecular complexity index is 1240. The number of aromatic nitrogens is 4. The molecule has 5 N–H and O–H groups in total. The van der Waals surface area contributed by atoms with E-state index in [9.17, 15) is 9.90 Å². The van der Waals surface area contributed by atoms with Crippen LogP contribution in [0.25, 0.3) is 27.6 Å². The average Bonchev–Trinajstić information content (AvgIpc) is 3.25. The molecule has 0 aliphatic carbocycles. The topological polar surface area (TPSA) is 133 Å². The Morgan fingerprint density at radius 1 is 1.21 bits per heavy atom. The number of aryl methyl sites for hydroxylation is 2. The maximum Gasteiger partial charge on any atom is 0.254 e. The number of carbonyl (C=O) groups excluding carboxylic acids is 1. The van der Waals surface area contributed by atoms with Crippen LogP contribution in [0.15, 0.2) is 23.7 Å². The van der Waals surface area contributed by atoms with Crippen molar-refractivity contribution in [3.05, 3.63) is 46.1 Å². The van der Waals surface area contributed by atoms with E-state index in [0.29, 0.717) is 38.8 Å². The van der Waals surface area contributed by atoms with Gasteiger partial charge in [-0.05, 0) is 32.4 Å². The smallest absolute Gasteiger partial charge is 0.254 e. The van der Waals surface area contributed by atoms with E-state index in [1.807, 2.05) is 19.2 Å². The van der Waals surface area contributed by atoms with Crippen molar-refractivity contribution in [1.82, 2.24) is 19.5 Å². The minimum atomic E-state index is -0.694. The fourth-order valence-corrected chi connectivity index (χ4v) is 4.04. The van der Waals surface area contributed by atoms with E-state index in [1.165, 1.54) is 11.3 Å². The number of rotatable bonds is 3. The second-order valence-electron chi connectivity index (χ2n) is 6.50. The highest BCUT2D eigenvalue weighted by molar-refractivity contribution is 7.13. The summed E-state index contributed by atoms with van der Waals surface area (Å²) in [7, 11) is 0. The minimum Gasteiger partial charge on any atom is -0.508 e. The van der Waals surface area contributed by atoms with Crippen molar-refractivity contribution in [3.8, 4) is 22.1 Å². The van der Waals surface area contributed by atoms with Gasteiger partial charge in [0.2, 0.25) is 0 Å². The van der Waals surface area contributed by atoms with Crippen molar-refractivity contribution < 1.29 is 9.90 Å². The Labute approximate surface area is 164 Å². The molecule has 4 rings (SSSR count). The molecule has 28 heavy (non-hydrogen) atoms. The molecule has 0 saturated carbocycles. The second-order valence-corrected chi connectivity index (χ2v) is 7.40. The monoisotopic (exact) mass is 394 g/mol. The summed E-state index contributed by atoms with van der Waals surface area (Å²) in [5.74, 6) is -0.443. The minimum absolute atomic E-state index is 0.0995. The van der Waals surface area contributed by atoms with Crippen LogP contribution in [-0.2, 0) is 0 Å². The molecule has 9 heteroatoms. The molecule has 0 spiro atoms. The molecule has 8 nitrogen and oxygen atoms in total. The highest BCUT2D eigenvalue weighted by Crippen LogP contribution is 2.36. The van der Waals surface area contributed by atoms with Crippen LogP contribution in [0.3, 0.4) is 0 Å². The number of hydrogen-bond donors (Lipinski definition) is 3. The molecular formula is C19H18N6O2S. The predicted octanol–water partition coefficient (Wildman–Crippen LogP) is 2.86. The van der Waals surface area contributed by atoms with Gasteiger partial charge in [-0.2, -0.15) is 0 Å². The summed E-state index contributed by atoms with van der Waals surface area (Å²) in [6.45, 7) is 5.49. The van der Waals surface area contributed by atoms with Gasteiger partial charge >= 0.3 is 0 Å². The molecule has 4 aromatic rings. The third-order valence-corrected chi connectivity index (χ3v) is 5.49. The highest BCUT2D eigenvalue weighted by Gasteiger charge is 2.26. The number of benzene rings is 1. The largest absolute Gasteiger partial charge is 0.508 e. The molecule has 1 amide bonds. The van der Waals surface area contributed by atoms with Gasteiger partial charge in [0.1, 0.15) is 33.3 Å². The highest BCUT2D eigenvalue weighted by atomic mass is 32.1. The van der Waals surface area contributed by atoms with Crippen LogP contribution in [0.1, 0.15) is 27.2 Å². The van der Waals surface area contributed by atoms with Crippen LogP contribution < -0.4 is 11.5 Å². The zero-order valence-corrected chi connectivity index (χ0v) is 16.3. The van der Waals surface area contributed by atoms with Gasteiger partial charge < -0.3 is 16.6 Å². The van der Waals surface area contributed by atoms with Crippen molar-refractivity contribution in [3.63, 3.8) is 0 Å². The van der Waals surface area contributed by atoms with E-state index in [1.54, 1.807) is 29.8 Å². The van der Waals surface area contributed by atoms with Gasteiger partial charge in [-0.3, -0.25) is 9.36 Å². The number of anilines is 1. The Kier molecular flexibility index (Phi) is 4.04. The fraction of sp³-hybridized carbons (Fsp3) is 0.158. The molecular weight excluding hydrogens is 376 g/mol. The number of primary amides is 1. The van der Waals surface area contributed by atoms with Gasteiger partial charge in [0.15, 0.2) is 5.65 Å². The number of phenols is 1. The molecule has 0 bridgehead atoms. The lowest BCUT2D eigenvalue weighted by molar-refractivity contribution is 0.100. The summed E-state index contributed by atoms with van der Waals surface area (Å²) in [6.07, 6.45) is 1.68. The fourth-order valence-electron chi connectivity index (χ4n) is 3.36. The summed E-state index contributed by atoms with van der Waals surface area (Å²) in [5, 5.41) is 12.7. The lowest BCUT2D eigenvalue weighted by Crippen LogP contribution is -2.14. The first-order chi connectivity index (χ1) is 13.3. The van der Waals surface area contributed by atoms with Crippen molar-refractivity contribution in [2.24, 2.45) is 5.73 Å². The number of aromatic hydroxyl groups is 1. The molecule has 0 unspecified atom stereocenters. The lowest BCUT2D eigenvalue weighted by atomic mass is 10.1. The number of nitrogens with two attached hydrogens (primary N) is 2. The molecule has 3 heterocycles. The number of nitrogens with zero attached hydrogens (tertiary/aromatic N) is 4. The van der Waals surface area contributed by atoms with E-state index in [0.717, 1.165) is 5.56 Å². The van der Waals surface area contributed by atoms with E-state index >= 15 is 0 Å². The second kappa shape index (κ2) is 6.31. The average molecular weight is 394 g/mol. The molecule has 0 radical (unpaired) electrons. The van der Waals surface area contributed by atoms with Crippen LogP contribution in [0.4, 0.5) is 5.82 Å². The first-order valence-electron chi connectivity index (χ1n) is 8.49. The maximum absolute atomic E-state index is 12.2. The van der Waals surface area contributed by atoms with Crippen LogP contribution in [-0.4, -0.2) is 30.5 Å². The predicted molar refractivity (Wildman–Crippen MR) is 109 cm³/mol. The van der Waals surface area contributed by atoms with Gasteiger partial charge in [-0.25, -0.2) is 15.0 Å². The molecule has 1 aromatic carbocycles. The number of hydrogen-bond acceptors (Lipinski definition) is 7. The zero-order valence-electron chi connectivity index (χ0n) is 15.5. The Balaban J connectivity index is 2.15. The van der Waals surface area contributed by atoms with Crippen molar-refractivity contribution in [2.45, 2.75) is 20.8 Å². The van der Waals surface area contributed by atoms with Crippen molar-refractivity contribution in [2.75, 3.05) is 5.73 Å². The molecule has 0 aliphatic rings. The van der Waals surface area contributed by atoms with Crippen molar-refractivity contribution >= 4 is 34.2 Å². The Morgan fingerprint density at radius 3 is 2.61 bits per heavy atom. The van der Waals surface area contributed by atoms with Crippen LogP contribution >= 0.6 is 11.3 Å². The Hall–Kier alpha value is -3.46. The number of fused-ring (bicyclic) bond motifs is 1. The number of amides is 1. The van der Waals surface area contributed by atoms with E-state index in [4.69, 9.17) is 11.5 Å². The first kappa shape index (κ1) is 17.9. The lowest BCUT2D eigenvalue weighted by Gasteiger charge is -2.15. The number of nitrogen functional groups attached to an aromatic ring is 1. The molecule has 0 fully saturated rings. The van der Waals surface area contributed by atoms with Gasteiger partial charge in [-0.15, -0.1) is 11.3 Å². The SMILES string of the molecule is Cc1ccc(O)c(C)c1-n1c(N)c(C(N)=O)c2nc(-c3nccs3)c(C)nc21. The molecule has 3 aromatic heterocycles. The third-order valence-electron chi connectivity index (χ3n) is 4.71. The molecule has 142 valence electrons. The molecule has 0 atom stereocenters. The summed E-state index contributed by atoms with van der Waals surface area (Å²) in [4.78, 5) is 25.8. The van der Waals surface area contributed by atoms with Crippen LogP contribution in [0.5, 0.6) is 5.75 Å². The standard InChI is InChI=1S/C19H18N6O2S/c1-8-4-5-11(26)9(2)15(8)25-16(20)12(17(21)27)14-18(25)23-10(3)13(24-14)19-22-6-7-28-19/h4-7,26H,20H2,1-3H3,(H2,21,27). The Morgan fingerprint density at radius 2 is 1.96 bits per heavy atom. The third kappa shape index (κ3) is 2.51. The quantitative estimate of drug-likeness (QED) is 0.489. The van der Waals surface area contributed by atoms with E-state index in [-0.39, 0.29) is 17.1 Å². The van der Waals surface area contributed by atoms with Gasteiger partial charge in [-0.1, -0.05) is 6.07 Å². The summed E-state index contributed by atoms with van der Waals surface area (Å²) in [6, 6.07) is 3.39. The van der Waals surface area contributed by atoms with Crippen LogP contribution in [0, 0.1) is 20.8 Å². The summed E-state index contributed by atoms with van der Waals surface area (Å²) < 4.78 is 1.63. The summed E-state index contributed by atoms with van der Waals surface area (Å²) in [5.41, 5.74) is 16.1. The van der Waals surface area contributed by atoms with E-state index in [2.05, 4.69) is 15.0 Å². The van der Waals surface area contributed by atoms with Gasteiger partial charge in [0.05, 0.1) is 11.4 Å².